The van der Waals surface area contributed by atoms with E-state index in [1.807, 2.05) is 59.3 Å². The van der Waals surface area contributed by atoms with Crippen molar-refractivity contribution in [2.45, 2.75) is 0 Å². The normalized spacial score (nSPS) is 10.9. The molecule has 0 saturated heterocycles. The van der Waals surface area contributed by atoms with Crippen LogP contribution in [0.4, 0.5) is 0 Å². The first-order valence-corrected chi connectivity index (χ1v) is 8.96. The molecular formula is C21H17BrN2O2. The van der Waals surface area contributed by atoms with Crippen LogP contribution in [-0.2, 0) is 0 Å². The van der Waals surface area contributed by atoms with Gasteiger partial charge in [-0.1, -0.05) is 46.3 Å². The molecular weight excluding hydrogens is 392 g/mol. The minimum Gasteiger partial charge on any atom is -0.493 e. The number of hydrogen-bond acceptors (Lipinski definition) is 3. The van der Waals surface area contributed by atoms with Crippen molar-refractivity contribution in [3.63, 3.8) is 0 Å². The Morgan fingerprint density at radius 2 is 1.50 bits per heavy atom. The molecule has 26 heavy (non-hydrogen) atoms. The number of methoxy groups -OCH3 is 2. The van der Waals surface area contributed by atoms with Crippen LogP contribution in [0.2, 0.25) is 0 Å². The fourth-order valence-electron chi connectivity index (χ4n) is 3.03. The summed E-state index contributed by atoms with van der Waals surface area (Å²) >= 11 is 3.49. The zero-order valence-corrected chi connectivity index (χ0v) is 16.0. The van der Waals surface area contributed by atoms with Gasteiger partial charge < -0.3 is 9.47 Å². The Balaban J connectivity index is 2.04. The van der Waals surface area contributed by atoms with E-state index in [2.05, 4.69) is 28.1 Å². The SMILES string of the molecule is COc1cc2c(-c3ccc(Br)cc3)nn(-c3ccccc3)c2cc1OC. The molecule has 0 saturated carbocycles. The molecule has 5 heteroatoms. The second-order valence-electron chi connectivity index (χ2n) is 5.83. The van der Waals surface area contributed by atoms with Gasteiger partial charge in [-0.05, 0) is 30.3 Å². The highest BCUT2D eigenvalue weighted by molar-refractivity contribution is 9.10. The molecule has 1 aromatic heterocycles. The minimum absolute atomic E-state index is 0.680. The van der Waals surface area contributed by atoms with E-state index in [1.54, 1.807) is 14.2 Å². The number of ether oxygens (including phenoxy) is 2. The molecule has 0 radical (unpaired) electrons. The average molecular weight is 409 g/mol. The van der Waals surface area contributed by atoms with Gasteiger partial charge in [0, 0.05) is 21.5 Å². The van der Waals surface area contributed by atoms with Gasteiger partial charge in [0.2, 0.25) is 0 Å². The fraction of sp³-hybridized carbons (Fsp3) is 0.0952. The number of hydrogen-bond donors (Lipinski definition) is 0. The Hall–Kier alpha value is -2.79. The number of nitrogens with zero attached hydrogens (tertiary/aromatic N) is 2. The van der Waals surface area contributed by atoms with Gasteiger partial charge in [0.05, 0.1) is 25.4 Å². The Bertz CT molecular complexity index is 1060. The lowest BCUT2D eigenvalue weighted by Gasteiger charge is -2.09. The molecule has 3 aromatic carbocycles. The third-order valence-electron chi connectivity index (χ3n) is 4.30. The highest BCUT2D eigenvalue weighted by atomic mass is 79.9. The summed E-state index contributed by atoms with van der Waals surface area (Å²) in [7, 11) is 3.28. The predicted octanol–water partition coefficient (Wildman–Crippen LogP) is 5.47. The smallest absolute Gasteiger partial charge is 0.162 e. The van der Waals surface area contributed by atoms with Crippen LogP contribution in [0.3, 0.4) is 0 Å². The third kappa shape index (κ3) is 2.84. The van der Waals surface area contributed by atoms with E-state index in [0.29, 0.717) is 11.5 Å². The molecule has 0 aliphatic rings. The standard InChI is InChI=1S/C21H17BrN2O2/c1-25-19-12-17-18(13-20(19)26-2)24(16-6-4-3-5-7-16)23-21(17)14-8-10-15(22)11-9-14/h3-13H,1-2H3. The Labute approximate surface area is 160 Å². The van der Waals surface area contributed by atoms with Crippen molar-refractivity contribution >= 4 is 26.8 Å². The molecule has 0 amide bonds. The lowest BCUT2D eigenvalue weighted by atomic mass is 10.1. The van der Waals surface area contributed by atoms with Gasteiger partial charge in [-0.2, -0.15) is 5.10 Å². The summed E-state index contributed by atoms with van der Waals surface area (Å²) in [6, 6.07) is 22.2. The average Bonchev–Trinajstić information content (AvgIpc) is 3.06. The van der Waals surface area contributed by atoms with Gasteiger partial charge >= 0.3 is 0 Å². The van der Waals surface area contributed by atoms with Crippen molar-refractivity contribution in [3.05, 3.63) is 71.2 Å². The van der Waals surface area contributed by atoms with E-state index in [1.165, 1.54) is 0 Å². The zero-order chi connectivity index (χ0) is 18.1. The molecule has 0 N–H and O–H groups in total. The number of aromatic nitrogens is 2. The molecule has 0 atom stereocenters. The van der Waals surface area contributed by atoms with Gasteiger partial charge in [-0.25, -0.2) is 4.68 Å². The molecule has 0 aliphatic heterocycles. The van der Waals surface area contributed by atoms with E-state index < -0.39 is 0 Å². The van der Waals surface area contributed by atoms with E-state index in [0.717, 1.165) is 32.3 Å². The minimum atomic E-state index is 0.680. The summed E-state index contributed by atoms with van der Waals surface area (Å²) in [6.07, 6.45) is 0. The van der Waals surface area contributed by atoms with Crippen molar-refractivity contribution in [1.29, 1.82) is 0 Å². The summed E-state index contributed by atoms with van der Waals surface area (Å²) in [5, 5.41) is 5.91. The van der Waals surface area contributed by atoms with Crippen LogP contribution >= 0.6 is 15.9 Å². The molecule has 4 rings (SSSR count). The van der Waals surface area contributed by atoms with Gasteiger partial charge in [-0.3, -0.25) is 0 Å². The lowest BCUT2D eigenvalue weighted by Crippen LogP contribution is -1.96. The second-order valence-corrected chi connectivity index (χ2v) is 6.74. The van der Waals surface area contributed by atoms with Crippen LogP contribution in [0.25, 0.3) is 27.8 Å². The molecule has 4 aromatic rings. The van der Waals surface area contributed by atoms with Crippen LogP contribution in [0, 0.1) is 0 Å². The molecule has 0 bridgehead atoms. The molecule has 0 aliphatic carbocycles. The van der Waals surface area contributed by atoms with Crippen LogP contribution < -0.4 is 9.47 Å². The van der Waals surface area contributed by atoms with E-state index in [9.17, 15) is 0 Å². The zero-order valence-electron chi connectivity index (χ0n) is 14.4. The topological polar surface area (TPSA) is 36.3 Å². The Kier molecular flexibility index (Phi) is 4.39. The first kappa shape index (κ1) is 16.7. The summed E-state index contributed by atoms with van der Waals surface area (Å²) in [4.78, 5) is 0. The maximum absolute atomic E-state index is 5.50. The van der Waals surface area contributed by atoms with Crippen molar-refractivity contribution in [2.75, 3.05) is 14.2 Å². The number of fused-ring (bicyclic) bond motifs is 1. The first-order chi connectivity index (χ1) is 12.7. The van der Waals surface area contributed by atoms with Crippen LogP contribution in [-0.4, -0.2) is 24.0 Å². The van der Waals surface area contributed by atoms with Gasteiger partial charge in [0.15, 0.2) is 11.5 Å². The lowest BCUT2D eigenvalue weighted by molar-refractivity contribution is 0.356. The van der Waals surface area contributed by atoms with E-state index in [-0.39, 0.29) is 0 Å². The van der Waals surface area contributed by atoms with Crippen LogP contribution in [0.5, 0.6) is 11.5 Å². The highest BCUT2D eigenvalue weighted by Crippen LogP contribution is 2.38. The summed E-state index contributed by atoms with van der Waals surface area (Å²) in [5.74, 6) is 1.37. The molecule has 1 heterocycles. The summed E-state index contributed by atoms with van der Waals surface area (Å²) in [6.45, 7) is 0. The van der Waals surface area contributed by atoms with Crippen LogP contribution in [0.15, 0.2) is 71.2 Å². The second kappa shape index (κ2) is 6.84. The van der Waals surface area contributed by atoms with Crippen LogP contribution in [0.1, 0.15) is 0 Å². The monoisotopic (exact) mass is 408 g/mol. The summed E-state index contributed by atoms with van der Waals surface area (Å²) < 4.78 is 14.0. The molecule has 4 nitrogen and oxygen atoms in total. The maximum Gasteiger partial charge on any atom is 0.162 e. The van der Waals surface area contributed by atoms with Crippen molar-refractivity contribution in [3.8, 4) is 28.4 Å². The van der Waals surface area contributed by atoms with Gasteiger partial charge in [-0.15, -0.1) is 0 Å². The predicted molar refractivity (Wildman–Crippen MR) is 107 cm³/mol. The number of benzene rings is 3. The fourth-order valence-corrected chi connectivity index (χ4v) is 3.29. The quantitative estimate of drug-likeness (QED) is 0.448. The number of halogens is 1. The third-order valence-corrected chi connectivity index (χ3v) is 4.83. The molecule has 0 fully saturated rings. The molecule has 0 unspecified atom stereocenters. The Morgan fingerprint density at radius 3 is 2.15 bits per heavy atom. The number of rotatable bonds is 4. The van der Waals surface area contributed by atoms with Gasteiger partial charge in [0.25, 0.3) is 0 Å². The maximum atomic E-state index is 5.50. The first-order valence-electron chi connectivity index (χ1n) is 8.17. The number of para-hydroxylation sites is 1. The van der Waals surface area contributed by atoms with E-state index >= 15 is 0 Å². The van der Waals surface area contributed by atoms with E-state index in [4.69, 9.17) is 14.6 Å². The molecule has 0 spiro atoms. The Morgan fingerprint density at radius 1 is 0.846 bits per heavy atom. The van der Waals surface area contributed by atoms with Crippen molar-refractivity contribution in [1.82, 2.24) is 9.78 Å². The van der Waals surface area contributed by atoms with Gasteiger partial charge in [0.1, 0.15) is 5.69 Å². The molecule has 130 valence electrons. The van der Waals surface area contributed by atoms with Crippen molar-refractivity contribution in [2.24, 2.45) is 0 Å². The van der Waals surface area contributed by atoms with Crippen molar-refractivity contribution < 1.29 is 9.47 Å². The largest absolute Gasteiger partial charge is 0.493 e. The summed E-state index contributed by atoms with van der Waals surface area (Å²) in [5.41, 5.74) is 3.90. The highest BCUT2D eigenvalue weighted by Gasteiger charge is 2.17.